The Balaban J connectivity index is 2.09. The molecule has 0 aliphatic carbocycles. The first-order chi connectivity index (χ1) is 10.9. The molecule has 1 aliphatic heterocycles. The minimum Gasteiger partial charge on any atom is -0.483 e. The summed E-state index contributed by atoms with van der Waals surface area (Å²) in [6, 6.07) is 6.98. The van der Waals surface area contributed by atoms with Crippen LogP contribution in [-0.4, -0.2) is 25.3 Å². The molecule has 0 aromatic heterocycles. The van der Waals surface area contributed by atoms with E-state index < -0.39 is 23.6 Å². The zero-order chi connectivity index (χ0) is 16.9. The number of unbranched alkanes of at least 4 members (excludes halogenated alkanes) is 1. The molecular weight excluding hydrogens is 311 g/mol. The van der Waals surface area contributed by atoms with Crippen molar-refractivity contribution in [2.45, 2.75) is 32.4 Å². The number of ether oxygens (including phenoxy) is 2. The van der Waals surface area contributed by atoms with Crippen molar-refractivity contribution < 1.29 is 27.4 Å². The smallest absolute Gasteiger partial charge is 0.453 e. The first-order valence-corrected chi connectivity index (χ1v) is 7.39. The van der Waals surface area contributed by atoms with E-state index in [0.717, 1.165) is 24.8 Å². The number of nitrogens with one attached hydrogen (secondary N) is 1. The Labute approximate surface area is 132 Å². The van der Waals surface area contributed by atoms with Crippen molar-refractivity contribution in [1.29, 1.82) is 0 Å². The predicted molar refractivity (Wildman–Crippen MR) is 78.7 cm³/mol. The van der Waals surface area contributed by atoms with Crippen molar-refractivity contribution in [3.63, 3.8) is 0 Å². The molecule has 4 nitrogen and oxygen atoms in total. The number of rotatable bonds is 5. The van der Waals surface area contributed by atoms with Gasteiger partial charge in [-0.25, -0.2) is 0 Å². The third-order valence-corrected chi connectivity index (χ3v) is 3.28. The maximum atomic E-state index is 12.8. The van der Waals surface area contributed by atoms with Crippen LogP contribution in [0.4, 0.5) is 18.9 Å². The van der Waals surface area contributed by atoms with Crippen LogP contribution >= 0.6 is 0 Å². The molecule has 0 saturated heterocycles. The largest absolute Gasteiger partial charge is 0.483 e. The van der Waals surface area contributed by atoms with E-state index in [1.54, 1.807) is 12.1 Å². The van der Waals surface area contributed by atoms with E-state index in [-0.39, 0.29) is 13.2 Å². The molecule has 126 valence electrons. The summed E-state index contributed by atoms with van der Waals surface area (Å²) in [7, 11) is 0. The second-order valence-electron chi connectivity index (χ2n) is 5.11. The summed E-state index contributed by atoms with van der Waals surface area (Å²) in [6.45, 7) is 1.75. The lowest BCUT2D eigenvalue weighted by Crippen LogP contribution is -2.30. The summed E-state index contributed by atoms with van der Waals surface area (Å²) in [4.78, 5) is 12.0. The minimum absolute atomic E-state index is 0.0989. The molecule has 7 heteroatoms. The number of hydrogen-bond donors (Lipinski definition) is 1. The number of allylic oxidation sites excluding steroid dienone is 1. The lowest BCUT2D eigenvalue weighted by molar-refractivity contribution is -0.151. The van der Waals surface area contributed by atoms with Crippen molar-refractivity contribution in [3.05, 3.63) is 41.3 Å². The number of benzene rings is 1. The van der Waals surface area contributed by atoms with E-state index >= 15 is 0 Å². The van der Waals surface area contributed by atoms with E-state index in [1.165, 1.54) is 0 Å². The summed E-state index contributed by atoms with van der Waals surface area (Å²) in [5, 5.41) is 2.40. The first kappa shape index (κ1) is 17.2. The Morgan fingerprint density at radius 3 is 2.43 bits per heavy atom. The van der Waals surface area contributed by atoms with Gasteiger partial charge in [-0.1, -0.05) is 25.5 Å². The highest BCUT2D eigenvalue weighted by Gasteiger charge is 2.43. The lowest BCUT2D eigenvalue weighted by atomic mass is 10.1. The number of alkyl halides is 3. The second kappa shape index (κ2) is 7.39. The molecule has 1 aromatic rings. The molecule has 1 heterocycles. The molecule has 1 N–H and O–H groups in total. The number of amides is 1. The van der Waals surface area contributed by atoms with Gasteiger partial charge in [0, 0.05) is 5.69 Å². The SMILES string of the molecule is CCCCc1ccc(NC(=O)C2=C(C(F)(F)F)OCCO2)cc1. The van der Waals surface area contributed by atoms with Gasteiger partial charge in [-0.2, -0.15) is 13.2 Å². The molecule has 0 fully saturated rings. The summed E-state index contributed by atoms with van der Waals surface area (Å²) >= 11 is 0. The Kier molecular flexibility index (Phi) is 5.52. The third-order valence-electron chi connectivity index (χ3n) is 3.28. The molecule has 23 heavy (non-hydrogen) atoms. The monoisotopic (exact) mass is 329 g/mol. The summed E-state index contributed by atoms with van der Waals surface area (Å²) in [6.07, 6.45) is -1.72. The molecule has 0 radical (unpaired) electrons. The molecule has 2 rings (SSSR count). The average Bonchev–Trinajstić information content (AvgIpc) is 2.53. The van der Waals surface area contributed by atoms with E-state index in [4.69, 9.17) is 4.74 Å². The predicted octanol–water partition coefficient (Wildman–Crippen LogP) is 3.79. The molecule has 0 atom stereocenters. The maximum absolute atomic E-state index is 12.8. The standard InChI is InChI=1S/C16H18F3NO3/c1-2-3-4-11-5-7-12(8-6-11)20-15(21)13-14(16(17,18)19)23-10-9-22-13/h5-8H,2-4,9-10H2,1H3,(H,20,21). The van der Waals surface area contributed by atoms with E-state index in [9.17, 15) is 18.0 Å². The second-order valence-corrected chi connectivity index (χ2v) is 5.11. The number of carbonyl (C=O) groups is 1. The van der Waals surface area contributed by atoms with Gasteiger partial charge < -0.3 is 14.8 Å². The number of hydrogen-bond acceptors (Lipinski definition) is 3. The number of aryl methyl sites for hydroxylation is 1. The van der Waals surface area contributed by atoms with Gasteiger partial charge in [0.2, 0.25) is 11.5 Å². The first-order valence-electron chi connectivity index (χ1n) is 7.39. The van der Waals surface area contributed by atoms with Crippen molar-refractivity contribution in [2.24, 2.45) is 0 Å². The maximum Gasteiger partial charge on any atom is 0.453 e. The van der Waals surface area contributed by atoms with Crippen LogP contribution in [0.1, 0.15) is 25.3 Å². The van der Waals surface area contributed by atoms with Crippen LogP contribution in [-0.2, 0) is 20.7 Å². The normalized spacial score (nSPS) is 15.0. The molecule has 0 bridgehead atoms. The number of carbonyl (C=O) groups excluding carboxylic acids is 1. The molecular formula is C16H18F3NO3. The lowest BCUT2D eigenvalue weighted by Gasteiger charge is -2.22. The van der Waals surface area contributed by atoms with Crippen molar-refractivity contribution in [1.82, 2.24) is 0 Å². The van der Waals surface area contributed by atoms with Crippen LogP contribution in [0.5, 0.6) is 0 Å². The summed E-state index contributed by atoms with van der Waals surface area (Å²) in [5.41, 5.74) is 1.51. The van der Waals surface area contributed by atoms with Crippen molar-refractivity contribution in [3.8, 4) is 0 Å². The summed E-state index contributed by atoms with van der Waals surface area (Å²) < 4.78 is 47.9. The van der Waals surface area contributed by atoms with E-state index in [1.807, 2.05) is 12.1 Å². The van der Waals surface area contributed by atoms with Crippen LogP contribution in [0, 0.1) is 0 Å². The Morgan fingerprint density at radius 2 is 1.83 bits per heavy atom. The molecule has 0 saturated carbocycles. The highest BCUT2D eigenvalue weighted by atomic mass is 19.4. The van der Waals surface area contributed by atoms with Crippen LogP contribution in [0.3, 0.4) is 0 Å². The fourth-order valence-corrected chi connectivity index (χ4v) is 2.12. The van der Waals surface area contributed by atoms with Gasteiger partial charge in [0.15, 0.2) is 0 Å². The van der Waals surface area contributed by atoms with Gasteiger partial charge in [-0.15, -0.1) is 0 Å². The highest BCUT2D eigenvalue weighted by molar-refractivity contribution is 6.02. The molecule has 1 amide bonds. The fourth-order valence-electron chi connectivity index (χ4n) is 2.12. The van der Waals surface area contributed by atoms with Gasteiger partial charge in [-0.3, -0.25) is 4.79 Å². The summed E-state index contributed by atoms with van der Waals surface area (Å²) in [5.74, 6) is -3.20. The molecule has 0 spiro atoms. The van der Waals surface area contributed by atoms with Crippen molar-refractivity contribution in [2.75, 3.05) is 18.5 Å². The minimum atomic E-state index is -4.77. The fraction of sp³-hybridized carbons (Fsp3) is 0.438. The zero-order valence-corrected chi connectivity index (χ0v) is 12.7. The van der Waals surface area contributed by atoms with E-state index in [0.29, 0.717) is 5.69 Å². The van der Waals surface area contributed by atoms with E-state index in [2.05, 4.69) is 17.0 Å². The highest BCUT2D eigenvalue weighted by Crippen LogP contribution is 2.32. The van der Waals surface area contributed by atoms with Crippen LogP contribution in [0.15, 0.2) is 35.8 Å². The van der Waals surface area contributed by atoms with Gasteiger partial charge in [-0.05, 0) is 30.5 Å². The third kappa shape index (κ3) is 4.64. The van der Waals surface area contributed by atoms with Gasteiger partial charge in [0.1, 0.15) is 13.2 Å². The Bertz CT molecular complexity index is 579. The zero-order valence-electron chi connectivity index (χ0n) is 12.7. The van der Waals surface area contributed by atoms with Gasteiger partial charge >= 0.3 is 6.18 Å². The Morgan fingerprint density at radius 1 is 1.17 bits per heavy atom. The molecule has 1 aromatic carbocycles. The van der Waals surface area contributed by atoms with Gasteiger partial charge in [0.25, 0.3) is 5.91 Å². The van der Waals surface area contributed by atoms with Crippen molar-refractivity contribution >= 4 is 11.6 Å². The van der Waals surface area contributed by atoms with Crippen LogP contribution in [0.2, 0.25) is 0 Å². The van der Waals surface area contributed by atoms with Crippen LogP contribution < -0.4 is 5.32 Å². The number of halogens is 3. The molecule has 0 unspecified atom stereocenters. The van der Waals surface area contributed by atoms with Crippen LogP contribution in [0.25, 0.3) is 0 Å². The van der Waals surface area contributed by atoms with Gasteiger partial charge in [0.05, 0.1) is 0 Å². The number of anilines is 1. The Hall–Kier alpha value is -2.18. The average molecular weight is 329 g/mol. The molecule has 1 aliphatic rings. The quantitative estimate of drug-likeness (QED) is 0.894. The topological polar surface area (TPSA) is 47.6 Å².